The molecule has 2 spiro atoms. The Labute approximate surface area is 116 Å². The number of fused-ring (bicyclic) bond motifs is 2. The Kier molecular flexibility index (Phi) is 2.89. The van der Waals surface area contributed by atoms with Gasteiger partial charge in [0.05, 0.1) is 0 Å². The van der Waals surface area contributed by atoms with Gasteiger partial charge in [-0.25, -0.2) is 0 Å². The Hall–Kier alpha value is -0.540. The molecule has 3 nitrogen and oxygen atoms in total. The lowest BCUT2D eigenvalue weighted by molar-refractivity contribution is 0.183. The molecule has 3 heterocycles. The highest BCUT2D eigenvalue weighted by molar-refractivity contribution is 5.38. The summed E-state index contributed by atoms with van der Waals surface area (Å²) >= 11 is 0. The maximum absolute atomic E-state index is 3.96. The molecule has 0 radical (unpaired) electrons. The van der Waals surface area contributed by atoms with Gasteiger partial charge in [-0.2, -0.15) is 0 Å². The van der Waals surface area contributed by atoms with E-state index in [1.807, 2.05) is 5.57 Å². The van der Waals surface area contributed by atoms with Crippen molar-refractivity contribution in [3.05, 3.63) is 11.3 Å². The van der Waals surface area contributed by atoms with Gasteiger partial charge in [0.1, 0.15) is 0 Å². The highest BCUT2D eigenvalue weighted by Gasteiger charge is 2.51. The maximum atomic E-state index is 3.96. The second kappa shape index (κ2) is 4.49. The first-order valence-electron chi connectivity index (χ1n) is 8.29. The van der Waals surface area contributed by atoms with Crippen LogP contribution >= 0.6 is 0 Å². The minimum atomic E-state index is 0.352. The Morgan fingerprint density at radius 2 is 1.84 bits per heavy atom. The monoisotopic (exact) mass is 261 g/mol. The summed E-state index contributed by atoms with van der Waals surface area (Å²) in [5, 5.41) is 11.4. The molecule has 3 aliphatic heterocycles. The van der Waals surface area contributed by atoms with Crippen LogP contribution in [0.5, 0.6) is 0 Å². The van der Waals surface area contributed by atoms with E-state index in [1.54, 1.807) is 5.70 Å². The third-order valence-electron chi connectivity index (χ3n) is 6.02. The van der Waals surface area contributed by atoms with Gasteiger partial charge in [-0.1, -0.05) is 6.42 Å². The van der Waals surface area contributed by atoms with Crippen molar-refractivity contribution >= 4 is 0 Å². The van der Waals surface area contributed by atoms with Crippen molar-refractivity contribution in [3.8, 4) is 0 Å². The first-order valence-corrected chi connectivity index (χ1v) is 8.29. The fourth-order valence-electron chi connectivity index (χ4n) is 5.26. The maximum Gasteiger partial charge on any atom is 0.0436 e. The summed E-state index contributed by atoms with van der Waals surface area (Å²) in [5.74, 6) is 0. The van der Waals surface area contributed by atoms with E-state index in [0.29, 0.717) is 11.0 Å². The Balaban J connectivity index is 1.79. The van der Waals surface area contributed by atoms with Gasteiger partial charge in [0, 0.05) is 29.7 Å². The molecule has 2 unspecified atom stereocenters. The highest BCUT2D eigenvalue weighted by atomic mass is 15.1. The quantitative estimate of drug-likeness (QED) is 0.623. The van der Waals surface area contributed by atoms with Crippen LogP contribution in [0.15, 0.2) is 11.3 Å². The van der Waals surface area contributed by atoms with E-state index in [-0.39, 0.29) is 0 Å². The van der Waals surface area contributed by atoms with Crippen molar-refractivity contribution in [2.75, 3.05) is 26.2 Å². The number of nitrogens with one attached hydrogen (secondary N) is 3. The zero-order valence-electron chi connectivity index (χ0n) is 12.0. The average Bonchev–Trinajstić information content (AvgIpc) is 2.89. The van der Waals surface area contributed by atoms with Gasteiger partial charge in [0.25, 0.3) is 0 Å². The topological polar surface area (TPSA) is 36.1 Å². The van der Waals surface area contributed by atoms with Crippen LogP contribution in [0.2, 0.25) is 0 Å². The highest BCUT2D eigenvalue weighted by Crippen LogP contribution is 2.52. The van der Waals surface area contributed by atoms with Crippen LogP contribution in [0.1, 0.15) is 51.4 Å². The van der Waals surface area contributed by atoms with Gasteiger partial charge in [0.2, 0.25) is 0 Å². The zero-order valence-corrected chi connectivity index (χ0v) is 12.0. The summed E-state index contributed by atoms with van der Waals surface area (Å²) in [6, 6.07) is 0. The molecule has 4 rings (SSSR count). The summed E-state index contributed by atoms with van der Waals surface area (Å²) in [7, 11) is 0. The molecule has 0 aromatic carbocycles. The van der Waals surface area contributed by atoms with Crippen molar-refractivity contribution < 1.29 is 0 Å². The third kappa shape index (κ3) is 1.78. The molecule has 106 valence electrons. The van der Waals surface area contributed by atoms with E-state index in [9.17, 15) is 0 Å². The van der Waals surface area contributed by atoms with Gasteiger partial charge in [-0.15, -0.1) is 0 Å². The Bertz CT molecular complexity index is 383. The van der Waals surface area contributed by atoms with Crippen LogP contribution in [-0.4, -0.2) is 31.7 Å². The summed E-state index contributed by atoms with van der Waals surface area (Å²) in [5.41, 5.74) is 4.26. The molecule has 0 bridgehead atoms. The fourth-order valence-corrected chi connectivity index (χ4v) is 5.26. The molecule has 2 atom stereocenters. The van der Waals surface area contributed by atoms with Gasteiger partial charge in [-0.3, -0.25) is 0 Å². The number of allylic oxidation sites excluding steroid dienone is 1. The van der Waals surface area contributed by atoms with Crippen molar-refractivity contribution in [2.24, 2.45) is 5.41 Å². The molecule has 3 N–H and O–H groups in total. The summed E-state index contributed by atoms with van der Waals surface area (Å²) < 4.78 is 0. The van der Waals surface area contributed by atoms with Gasteiger partial charge in [0.15, 0.2) is 0 Å². The molecule has 2 fully saturated rings. The van der Waals surface area contributed by atoms with Crippen LogP contribution in [0.4, 0.5) is 0 Å². The van der Waals surface area contributed by atoms with Gasteiger partial charge < -0.3 is 16.0 Å². The third-order valence-corrected chi connectivity index (χ3v) is 6.02. The Morgan fingerprint density at radius 1 is 0.842 bits per heavy atom. The molecular formula is C16H27N3. The van der Waals surface area contributed by atoms with Crippen LogP contribution in [0.3, 0.4) is 0 Å². The fraction of sp³-hybridized carbons (Fsp3) is 0.875. The van der Waals surface area contributed by atoms with E-state index in [4.69, 9.17) is 0 Å². The molecule has 0 amide bonds. The Morgan fingerprint density at radius 3 is 2.63 bits per heavy atom. The van der Waals surface area contributed by atoms with Gasteiger partial charge >= 0.3 is 0 Å². The zero-order chi connectivity index (χ0) is 12.8. The first-order chi connectivity index (χ1) is 9.35. The second-order valence-corrected chi connectivity index (χ2v) is 7.06. The van der Waals surface area contributed by atoms with Crippen LogP contribution in [-0.2, 0) is 0 Å². The van der Waals surface area contributed by atoms with Crippen molar-refractivity contribution in [1.29, 1.82) is 0 Å². The molecule has 0 saturated carbocycles. The first kappa shape index (κ1) is 12.2. The number of rotatable bonds is 0. The SMILES string of the molecule is C1CCC2(CCNC3=C2C2(CCC3)CCNC2)NC1. The van der Waals surface area contributed by atoms with E-state index < -0.39 is 0 Å². The molecule has 0 aromatic heterocycles. The van der Waals surface area contributed by atoms with Crippen LogP contribution in [0.25, 0.3) is 0 Å². The molecule has 1 aliphatic carbocycles. The van der Waals surface area contributed by atoms with Crippen molar-refractivity contribution in [3.63, 3.8) is 0 Å². The molecule has 2 saturated heterocycles. The lowest BCUT2D eigenvalue weighted by atomic mass is 9.60. The normalized spacial score (nSPS) is 42.5. The number of hydrogen-bond acceptors (Lipinski definition) is 3. The van der Waals surface area contributed by atoms with Gasteiger partial charge in [-0.05, 0) is 63.6 Å². The van der Waals surface area contributed by atoms with E-state index in [0.717, 1.165) is 0 Å². The molecule has 19 heavy (non-hydrogen) atoms. The lowest BCUT2D eigenvalue weighted by Gasteiger charge is -2.53. The summed E-state index contributed by atoms with van der Waals surface area (Å²) in [4.78, 5) is 0. The molecular weight excluding hydrogens is 234 g/mol. The van der Waals surface area contributed by atoms with Crippen molar-refractivity contribution in [2.45, 2.75) is 56.9 Å². The number of piperidine rings is 1. The summed E-state index contributed by atoms with van der Waals surface area (Å²) in [6.45, 7) is 4.83. The standard InChI is InChI=1S/C16H27N3/c1-2-9-19-16(6-1)8-11-18-13-4-3-5-15(14(13)16)7-10-17-12-15/h17-19H,1-12H2. The minimum absolute atomic E-state index is 0.352. The molecule has 0 aromatic rings. The molecule has 4 aliphatic rings. The van der Waals surface area contributed by atoms with Crippen LogP contribution < -0.4 is 16.0 Å². The lowest BCUT2D eigenvalue weighted by Crippen LogP contribution is -2.59. The average molecular weight is 261 g/mol. The minimum Gasteiger partial charge on any atom is -0.388 e. The second-order valence-electron chi connectivity index (χ2n) is 7.06. The largest absolute Gasteiger partial charge is 0.388 e. The molecule has 3 heteroatoms. The predicted octanol–water partition coefficient (Wildman–Crippen LogP) is 1.91. The van der Waals surface area contributed by atoms with Crippen molar-refractivity contribution in [1.82, 2.24) is 16.0 Å². The smallest absolute Gasteiger partial charge is 0.0436 e. The predicted molar refractivity (Wildman–Crippen MR) is 78.0 cm³/mol. The van der Waals surface area contributed by atoms with Crippen LogP contribution in [0, 0.1) is 5.41 Å². The number of hydrogen-bond donors (Lipinski definition) is 3. The van der Waals surface area contributed by atoms with E-state index in [2.05, 4.69) is 16.0 Å². The van der Waals surface area contributed by atoms with E-state index >= 15 is 0 Å². The summed E-state index contributed by atoms with van der Waals surface area (Å²) in [6.07, 6.45) is 10.9. The van der Waals surface area contributed by atoms with E-state index in [1.165, 1.54) is 77.5 Å².